The summed E-state index contributed by atoms with van der Waals surface area (Å²) in [5.41, 5.74) is 10.9. The smallest absolute Gasteiger partial charge is 0.119 e. The first kappa shape index (κ1) is 28.2. The van der Waals surface area contributed by atoms with E-state index in [4.69, 9.17) is 4.74 Å². The third kappa shape index (κ3) is 5.77. The van der Waals surface area contributed by atoms with Gasteiger partial charge in [-0.15, -0.1) is 0 Å². The summed E-state index contributed by atoms with van der Waals surface area (Å²) in [6, 6.07) is 35.8. The van der Waals surface area contributed by atoms with Crippen LogP contribution in [0.15, 0.2) is 147 Å². The third-order valence-electron chi connectivity index (χ3n) is 8.33. The van der Waals surface area contributed by atoms with E-state index >= 15 is 0 Å². The summed E-state index contributed by atoms with van der Waals surface area (Å²) in [6.45, 7) is 16.3. The molecule has 1 aliphatic rings. The maximum absolute atomic E-state index is 6.09. The Morgan fingerprint density at radius 2 is 1.12 bits per heavy atom. The second-order valence-corrected chi connectivity index (χ2v) is 10.9. The van der Waals surface area contributed by atoms with Crippen LogP contribution >= 0.6 is 0 Å². The Hall–Kier alpha value is -4.36. The molecule has 0 radical (unpaired) electrons. The van der Waals surface area contributed by atoms with E-state index in [2.05, 4.69) is 123 Å². The van der Waals surface area contributed by atoms with E-state index in [1.807, 2.05) is 12.2 Å². The van der Waals surface area contributed by atoms with Gasteiger partial charge in [-0.1, -0.05) is 135 Å². The molecule has 4 aromatic carbocycles. The predicted molar refractivity (Wildman–Crippen MR) is 175 cm³/mol. The highest BCUT2D eigenvalue weighted by molar-refractivity contribution is 5.86. The van der Waals surface area contributed by atoms with Crippen molar-refractivity contribution in [1.29, 1.82) is 0 Å². The summed E-state index contributed by atoms with van der Waals surface area (Å²) in [5, 5.41) is 0. The molecular formula is C40H40O. The second-order valence-electron chi connectivity index (χ2n) is 10.9. The molecule has 0 unspecified atom stereocenters. The van der Waals surface area contributed by atoms with Crippen molar-refractivity contribution in [2.45, 2.75) is 43.9 Å². The summed E-state index contributed by atoms with van der Waals surface area (Å²) in [4.78, 5) is 0. The van der Waals surface area contributed by atoms with Gasteiger partial charge in [0.15, 0.2) is 0 Å². The molecule has 0 aromatic heterocycles. The third-order valence-corrected chi connectivity index (χ3v) is 8.33. The fraction of sp³-hybridized carbons (Fsp3) is 0.200. The molecule has 1 nitrogen and oxygen atoms in total. The zero-order valence-electron chi connectivity index (χ0n) is 24.1. The topological polar surface area (TPSA) is 9.23 Å². The number of hydrogen-bond donors (Lipinski definition) is 0. The van der Waals surface area contributed by atoms with E-state index in [0.717, 1.165) is 55.4 Å². The van der Waals surface area contributed by atoms with Gasteiger partial charge in [0.25, 0.3) is 0 Å². The minimum atomic E-state index is -0.395. The van der Waals surface area contributed by atoms with Crippen molar-refractivity contribution in [2.24, 2.45) is 0 Å². The van der Waals surface area contributed by atoms with Crippen molar-refractivity contribution in [1.82, 2.24) is 0 Å². The second kappa shape index (κ2) is 12.9. The summed E-state index contributed by atoms with van der Waals surface area (Å²) < 4.78 is 6.09. The molecular weight excluding hydrogens is 496 g/mol. The van der Waals surface area contributed by atoms with Crippen molar-refractivity contribution in [2.75, 3.05) is 6.61 Å². The zero-order chi connectivity index (χ0) is 28.7. The Balaban J connectivity index is 1.48. The molecule has 4 aromatic rings. The number of aryl methyl sites for hydroxylation is 1. The van der Waals surface area contributed by atoms with Gasteiger partial charge >= 0.3 is 0 Å². The van der Waals surface area contributed by atoms with Gasteiger partial charge in [0.05, 0.1) is 12.0 Å². The van der Waals surface area contributed by atoms with Gasteiger partial charge < -0.3 is 4.74 Å². The maximum Gasteiger partial charge on any atom is 0.119 e. The molecule has 1 heteroatoms. The maximum atomic E-state index is 6.09. The van der Waals surface area contributed by atoms with Crippen LogP contribution in [0.1, 0.15) is 59.9 Å². The molecule has 0 heterocycles. The molecule has 0 atom stereocenters. The molecule has 0 fully saturated rings. The molecule has 0 spiro atoms. The first-order valence-electron chi connectivity index (χ1n) is 14.7. The number of hydrogen-bond acceptors (Lipinski definition) is 1. The van der Waals surface area contributed by atoms with E-state index in [0.29, 0.717) is 6.61 Å². The zero-order valence-corrected chi connectivity index (χ0v) is 24.1. The Labute approximate surface area is 246 Å². The molecule has 0 amide bonds. The SMILES string of the molecule is C=CC(=C)CCCCc1ccc(C2(c3ccc(OCCCC(=C)C=C)cc3)c3ccccc3-c3ccccc32)cc1. The van der Waals surface area contributed by atoms with E-state index in [9.17, 15) is 0 Å². The molecule has 0 bridgehead atoms. The molecule has 0 aliphatic heterocycles. The lowest BCUT2D eigenvalue weighted by Crippen LogP contribution is -2.28. The van der Waals surface area contributed by atoms with Crippen LogP contribution in [0, 0.1) is 0 Å². The van der Waals surface area contributed by atoms with Gasteiger partial charge in [-0.3, -0.25) is 0 Å². The highest BCUT2D eigenvalue weighted by Gasteiger charge is 2.45. The highest BCUT2D eigenvalue weighted by Crippen LogP contribution is 2.56. The Morgan fingerprint density at radius 3 is 1.68 bits per heavy atom. The van der Waals surface area contributed by atoms with Crippen molar-refractivity contribution in [3.8, 4) is 16.9 Å². The molecule has 206 valence electrons. The molecule has 41 heavy (non-hydrogen) atoms. The fourth-order valence-corrected chi connectivity index (χ4v) is 6.12. The van der Waals surface area contributed by atoms with Crippen LogP contribution in [0.2, 0.25) is 0 Å². The summed E-state index contributed by atoms with van der Waals surface area (Å²) >= 11 is 0. The fourth-order valence-electron chi connectivity index (χ4n) is 6.12. The molecule has 0 N–H and O–H groups in total. The molecule has 0 saturated heterocycles. The standard InChI is InChI=1S/C40H40O/c1-5-30(3)14-7-8-16-32-21-23-33(24-22-32)40(34-25-27-35(28-26-34)41-29-13-15-31(4)6-2)38-19-11-9-17-36(38)37-18-10-12-20-39(37)40/h5-6,9-12,17-28H,1-4,7-8,13-16,29H2. The monoisotopic (exact) mass is 536 g/mol. The van der Waals surface area contributed by atoms with Crippen molar-refractivity contribution < 1.29 is 4.74 Å². The van der Waals surface area contributed by atoms with Gasteiger partial charge in [0.1, 0.15) is 5.75 Å². The Morgan fingerprint density at radius 1 is 0.610 bits per heavy atom. The van der Waals surface area contributed by atoms with Gasteiger partial charge in [0, 0.05) is 0 Å². The first-order chi connectivity index (χ1) is 20.1. The van der Waals surface area contributed by atoms with Crippen molar-refractivity contribution in [3.05, 3.63) is 174 Å². The van der Waals surface area contributed by atoms with Crippen LogP contribution in [0.25, 0.3) is 11.1 Å². The molecule has 0 saturated carbocycles. The normalized spacial score (nSPS) is 12.7. The molecule has 1 aliphatic carbocycles. The van der Waals surface area contributed by atoms with Crippen LogP contribution in [-0.4, -0.2) is 6.61 Å². The Bertz CT molecular complexity index is 1420. The quantitative estimate of drug-likeness (QED) is 0.101. The lowest BCUT2D eigenvalue weighted by molar-refractivity contribution is 0.311. The number of benzene rings is 4. The van der Waals surface area contributed by atoms with Crippen molar-refractivity contribution in [3.63, 3.8) is 0 Å². The lowest BCUT2D eigenvalue weighted by atomic mass is 9.67. The van der Waals surface area contributed by atoms with Crippen LogP contribution < -0.4 is 4.74 Å². The minimum absolute atomic E-state index is 0.395. The van der Waals surface area contributed by atoms with Crippen LogP contribution in [-0.2, 0) is 11.8 Å². The largest absolute Gasteiger partial charge is 0.494 e. The highest BCUT2D eigenvalue weighted by atomic mass is 16.5. The summed E-state index contributed by atoms with van der Waals surface area (Å²) in [5.74, 6) is 0.891. The minimum Gasteiger partial charge on any atom is -0.494 e. The lowest BCUT2D eigenvalue weighted by Gasteiger charge is -2.34. The number of unbranched alkanes of at least 4 members (excludes halogenated alkanes) is 1. The van der Waals surface area contributed by atoms with Crippen LogP contribution in [0.4, 0.5) is 0 Å². The predicted octanol–water partition coefficient (Wildman–Crippen LogP) is 10.4. The average Bonchev–Trinajstić information content (AvgIpc) is 3.33. The summed E-state index contributed by atoms with van der Waals surface area (Å²) in [6.07, 6.45) is 9.87. The van der Waals surface area contributed by atoms with E-state index in [1.54, 1.807) is 0 Å². The first-order valence-corrected chi connectivity index (χ1v) is 14.7. The van der Waals surface area contributed by atoms with Gasteiger partial charge in [-0.25, -0.2) is 0 Å². The number of fused-ring (bicyclic) bond motifs is 3. The van der Waals surface area contributed by atoms with E-state index < -0.39 is 5.41 Å². The average molecular weight is 537 g/mol. The van der Waals surface area contributed by atoms with Crippen LogP contribution in [0.5, 0.6) is 5.75 Å². The van der Waals surface area contributed by atoms with Gasteiger partial charge in [-0.05, 0) is 89.6 Å². The van der Waals surface area contributed by atoms with Crippen LogP contribution in [0.3, 0.4) is 0 Å². The van der Waals surface area contributed by atoms with Gasteiger partial charge in [-0.2, -0.15) is 0 Å². The number of ether oxygens (including phenoxy) is 1. The number of allylic oxidation sites excluding steroid dienone is 4. The summed E-state index contributed by atoms with van der Waals surface area (Å²) in [7, 11) is 0. The van der Waals surface area contributed by atoms with Gasteiger partial charge in [0.2, 0.25) is 0 Å². The van der Waals surface area contributed by atoms with Crippen molar-refractivity contribution >= 4 is 0 Å². The van der Waals surface area contributed by atoms with E-state index in [-0.39, 0.29) is 0 Å². The molecule has 5 rings (SSSR count). The number of rotatable bonds is 14. The Kier molecular flexibility index (Phi) is 8.85. The van der Waals surface area contributed by atoms with E-state index in [1.165, 1.54) is 38.9 Å².